The Morgan fingerprint density at radius 3 is 2.68 bits per heavy atom. The van der Waals surface area contributed by atoms with Gasteiger partial charge in [-0.25, -0.2) is 0 Å². The minimum atomic E-state index is 0.409. The van der Waals surface area contributed by atoms with Gasteiger partial charge in [-0.3, -0.25) is 0 Å². The number of para-hydroxylation sites is 1. The molecule has 0 fully saturated rings. The molecule has 0 aliphatic carbocycles. The predicted molar refractivity (Wildman–Crippen MR) is 84.9 cm³/mol. The first kappa shape index (κ1) is 14.7. The van der Waals surface area contributed by atoms with Gasteiger partial charge in [0.05, 0.1) is 8.95 Å². The van der Waals surface area contributed by atoms with Gasteiger partial charge < -0.3 is 10.1 Å². The van der Waals surface area contributed by atoms with E-state index in [1.807, 2.05) is 18.2 Å². The van der Waals surface area contributed by atoms with Crippen LogP contribution in [0.5, 0.6) is 5.75 Å². The highest BCUT2D eigenvalue weighted by Crippen LogP contribution is 2.33. The Hall–Kier alpha value is -0.660. The summed E-state index contributed by atoms with van der Waals surface area (Å²) in [5, 5.41) is 13.1. The molecule has 1 aromatic heterocycles. The number of aromatic nitrogens is 2. The van der Waals surface area contributed by atoms with Gasteiger partial charge in [0.1, 0.15) is 12.4 Å². The van der Waals surface area contributed by atoms with Crippen molar-refractivity contribution in [3.05, 3.63) is 32.2 Å². The van der Waals surface area contributed by atoms with Crippen LogP contribution < -0.4 is 10.1 Å². The van der Waals surface area contributed by atoms with Crippen molar-refractivity contribution in [2.75, 3.05) is 11.9 Å². The van der Waals surface area contributed by atoms with Gasteiger partial charge in [0.25, 0.3) is 0 Å². The molecule has 0 atom stereocenters. The molecule has 1 aromatic carbocycles. The molecule has 0 aliphatic heterocycles. The Labute approximate surface area is 132 Å². The molecule has 0 bridgehead atoms. The molecule has 0 unspecified atom stereocenters. The predicted octanol–water partition coefficient (Wildman–Crippen LogP) is 4.46. The summed E-state index contributed by atoms with van der Waals surface area (Å²) in [5.74, 6) is 0.778. The van der Waals surface area contributed by atoms with Crippen LogP contribution >= 0.6 is 43.2 Å². The normalized spacial score (nSPS) is 10.5. The Morgan fingerprint density at radius 2 is 2.00 bits per heavy atom. The molecule has 2 aromatic rings. The van der Waals surface area contributed by atoms with Crippen LogP contribution in [-0.2, 0) is 6.61 Å². The van der Waals surface area contributed by atoms with E-state index in [1.54, 1.807) is 0 Å². The number of rotatable bonds is 6. The monoisotopic (exact) mass is 405 g/mol. The lowest BCUT2D eigenvalue weighted by atomic mass is 10.3. The van der Waals surface area contributed by atoms with Crippen LogP contribution in [0.15, 0.2) is 27.1 Å². The topological polar surface area (TPSA) is 47.0 Å². The number of hydrogen-bond acceptors (Lipinski definition) is 5. The lowest BCUT2D eigenvalue weighted by Crippen LogP contribution is -1.98. The van der Waals surface area contributed by atoms with Crippen molar-refractivity contribution < 1.29 is 4.74 Å². The lowest BCUT2D eigenvalue weighted by molar-refractivity contribution is 0.300. The van der Waals surface area contributed by atoms with Gasteiger partial charge in [0.15, 0.2) is 5.01 Å². The summed E-state index contributed by atoms with van der Waals surface area (Å²) in [6, 6.07) is 5.82. The second-order valence-corrected chi connectivity index (χ2v) is 6.54. The van der Waals surface area contributed by atoms with Gasteiger partial charge in [0, 0.05) is 6.54 Å². The van der Waals surface area contributed by atoms with E-state index < -0.39 is 0 Å². The van der Waals surface area contributed by atoms with Crippen molar-refractivity contribution >= 4 is 48.3 Å². The minimum Gasteiger partial charge on any atom is -0.484 e. The zero-order valence-electron chi connectivity index (χ0n) is 10.3. The highest BCUT2D eigenvalue weighted by Gasteiger charge is 2.08. The molecular weight excluding hydrogens is 394 g/mol. The van der Waals surface area contributed by atoms with E-state index in [0.717, 1.165) is 37.8 Å². The van der Waals surface area contributed by atoms with Crippen LogP contribution in [0.25, 0.3) is 0 Å². The number of anilines is 1. The number of hydrogen-bond donors (Lipinski definition) is 1. The first-order chi connectivity index (χ1) is 9.20. The summed E-state index contributed by atoms with van der Waals surface area (Å²) in [6.45, 7) is 3.43. The SMILES string of the molecule is CCCNc1nnc(COc2c(Br)cccc2Br)s1. The molecule has 19 heavy (non-hydrogen) atoms. The van der Waals surface area contributed by atoms with Crippen LogP contribution in [0, 0.1) is 0 Å². The lowest BCUT2D eigenvalue weighted by Gasteiger charge is -2.07. The fraction of sp³-hybridized carbons (Fsp3) is 0.333. The van der Waals surface area contributed by atoms with E-state index in [9.17, 15) is 0 Å². The van der Waals surface area contributed by atoms with Crippen molar-refractivity contribution in [3.63, 3.8) is 0 Å². The molecular formula is C12H13Br2N3OS. The molecule has 102 valence electrons. The molecule has 0 amide bonds. The smallest absolute Gasteiger partial charge is 0.205 e. The van der Waals surface area contributed by atoms with Crippen LogP contribution in [-0.4, -0.2) is 16.7 Å². The van der Waals surface area contributed by atoms with Crippen LogP contribution in [0.3, 0.4) is 0 Å². The fourth-order valence-corrected chi connectivity index (χ4v) is 3.28. The second-order valence-electron chi connectivity index (χ2n) is 3.77. The summed E-state index contributed by atoms with van der Waals surface area (Å²) in [5.41, 5.74) is 0. The minimum absolute atomic E-state index is 0.409. The number of nitrogens with one attached hydrogen (secondary N) is 1. The third kappa shape index (κ3) is 4.15. The number of nitrogens with zero attached hydrogens (tertiary/aromatic N) is 2. The van der Waals surface area contributed by atoms with Crippen molar-refractivity contribution in [2.24, 2.45) is 0 Å². The van der Waals surface area contributed by atoms with Crippen LogP contribution in [0.2, 0.25) is 0 Å². The number of ether oxygens (including phenoxy) is 1. The van der Waals surface area contributed by atoms with E-state index >= 15 is 0 Å². The van der Waals surface area contributed by atoms with Crippen molar-refractivity contribution in [2.45, 2.75) is 20.0 Å². The largest absolute Gasteiger partial charge is 0.484 e. The Kier molecular flexibility index (Phi) is 5.59. The van der Waals surface area contributed by atoms with Crippen molar-refractivity contribution in [1.29, 1.82) is 0 Å². The summed E-state index contributed by atoms with van der Waals surface area (Å²) >= 11 is 8.44. The van der Waals surface area contributed by atoms with Gasteiger partial charge in [-0.2, -0.15) is 0 Å². The molecule has 1 heterocycles. The van der Waals surface area contributed by atoms with E-state index in [0.29, 0.717) is 6.61 Å². The maximum Gasteiger partial charge on any atom is 0.205 e. The first-order valence-electron chi connectivity index (χ1n) is 5.83. The molecule has 0 radical (unpaired) electrons. The Bertz CT molecular complexity index is 527. The highest BCUT2D eigenvalue weighted by atomic mass is 79.9. The summed E-state index contributed by atoms with van der Waals surface area (Å²) in [4.78, 5) is 0. The first-order valence-corrected chi connectivity index (χ1v) is 8.24. The molecule has 0 saturated heterocycles. The highest BCUT2D eigenvalue weighted by molar-refractivity contribution is 9.11. The quantitative estimate of drug-likeness (QED) is 0.768. The standard InChI is InChI=1S/C12H13Br2N3OS/c1-2-6-15-12-17-16-10(19-12)7-18-11-8(13)4-3-5-9(11)14/h3-5H,2,6-7H2,1H3,(H,15,17). The van der Waals surface area contributed by atoms with Crippen LogP contribution in [0.4, 0.5) is 5.13 Å². The summed E-state index contributed by atoms with van der Waals surface area (Å²) in [7, 11) is 0. The Balaban J connectivity index is 1.97. The third-order valence-electron chi connectivity index (χ3n) is 2.25. The van der Waals surface area contributed by atoms with E-state index in [-0.39, 0.29) is 0 Å². The summed E-state index contributed by atoms with van der Waals surface area (Å²) in [6.07, 6.45) is 1.06. The molecule has 7 heteroatoms. The molecule has 0 saturated carbocycles. The summed E-state index contributed by atoms with van der Waals surface area (Å²) < 4.78 is 7.58. The van der Waals surface area contributed by atoms with E-state index in [2.05, 4.69) is 54.3 Å². The Morgan fingerprint density at radius 1 is 1.26 bits per heavy atom. The second kappa shape index (κ2) is 7.21. The average molecular weight is 407 g/mol. The van der Waals surface area contributed by atoms with Gasteiger partial charge in [0.2, 0.25) is 5.13 Å². The molecule has 1 N–H and O–H groups in total. The zero-order valence-corrected chi connectivity index (χ0v) is 14.3. The molecule has 0 spiro atoms. The number of benzene rings is 1. The molecule has 4 nitrogen and oxygen atoms in total. The van der Waals surface area contributed by atoms with Crippen LogP contribution in [0.1, 0.15) is 18.4 Å². The average Bonchev–Trinajstić information content (AvgIpc) is 2.84. The third-order valence-corrected chi connectivity index (χ3v) is 4.36. The number of halogens is 2. The van der Waals surface area contributed by atoms with Gasteiger partial charge in [-0.1, -0.05) is 24.3 Å². The van der Waals surface area contributed by atoms with Gasteiger partial charge in [-0.05, 0) is 50.4 Å². The zero-order chi connectivity index (χ0) is 13.7. The van der Waals surface area contributed by atoms with Gasteiger partial charge >= 0.3 is 0 Å². The molecule has 0 aliphatic rings. The van der Waals surface area contributed by atoms with Gasteiger partial charge in [-0.15, -0.1) is 10.2 Å². The molecule has 2 rings (SSSR count). The fourth-order valence-electron chi connectivity index (χ4n) is 1.37. The maximum absolute atomic E-state index is 5.76. The van der Waals surface area contributed by atoms with Crippen molar-refractivity contribution in [1.82, 2.24) is 10.2 Å². The van der Waals surface area contributed by atoms with E-state index in [1.165, 1.54) is 11.3 Å². The van der Waals surface area contributed by atoms with Crippen molar-refractivity contribution in [3.8, 4) is 5.75 Å². The van der Waals surface area contributed by atoms with E-state index in [4.69, 9.17) is 4.74 Å². The maximum atomic E-state index is 5.76.